The van der Waals surface area contributed by atoms with Crippen LogP contribution in [0.25, 0.3) is 0 Å². The fourth-order valence-corrected chi connectivity index (χ4v) is 3.27. The van der Waals surface area contributed by atoms with Crippen LogP contribution >= 0.6 is 11.6 Å². The number of nitrogens with zero attached hydrogens (tertiary/aromatic N) is 2. The first kappa shape index (κ1) is 16.5. The summed E-state index contributed by atoms with van der Waals surface area (Å²) >= 11 is 6.39. The molecule has 1 aliphatic heterocycles. The fourth-order valence-electron chi connectivity index (χ4n) is 3.00. The molecule has 2 amide bonds. The normalized spacial score (nSPS) is 15.7. The first-order valence-corrected chi connectivity index (χ1v) is 8.30. The molecule has 0 saturated carbocycles. The van der Waals surface area contributed by atoms with E-state index in [2.05, 4.69) is 0 Å². The summed E-state index contributed by atoms with van der Waals surface area (Å²) in [5, 5.41) is 0.475. The Labute approximate surface area is 146 Å². The molecule has 124 valence electrons. The van der Waals surface area contributed by atoms with Crippen LogP contribution in [0.15, 0.2) is 48.5 Å². The Morgan fingerprint density at radius 2 is 1.83 bits per heavy atom. The van der Waals surface area contributed by atoms with Crippen molar-refractivity contribution in [2.24, 2.45) is 0 Å². The highest BCUT2D eigenvalue weighted by Gasteiger charge is 2.31. The highest BCUT2D eigenvalue weighted by molar-refractivity contribution is 6.35. The quantitative estimate of drug-likeness (QED) is 0.832. The van der Waals surface area contributed by atoms with Crippen molar-refractivity contribution in [3.05, 3.63) is 59.1 Å². The summed E-state index contributed by atoms with van der Waals surface area (Å²) in [6.07, 6.45) is 0.273. The third kappa shape index (κ3) is 2.89. The largest absolute Gasteiger partial charge is 0.313 e. The maximum Gasteiger partial charge on any atom is 0.234 e. The number of rotatable bonds is 2. The molecule has 0 N–H and O–H groups in total. The molecule has 5 heteroatoms. The lowest BCUT2D eigenvalue weighted by molar-refractivity contribution is -0.119. The van der Waals surface area contributed by atoms with Gasteiger partial charge in [-0.25, -0.2) is 0 Å². The Bertz CT molecular complexity index is 776. The summed E-state index contributed by atoms with van der Waals surface area (Å²) in [6, 6.07) is 15.0. The van der Waals surface area contributed by atoms with Crippen molar-refractivity contribution in [3.63, 3.8) is 0 Å². The van der Waals surface area contributed by atoms with E-state index in [4.69, 9.17) is 11.6 Å². The molecule has 0 fully saturated rings. The molecule has 0 radical (unpaired) electrons. The number of hydrogen-bond acceptors (Lipinski definition) is 2. The van der Waals surface area contributed by atoms with Crippen LogP contribution in [0.5, 0.6) is 0 Å². The summed E-state index contributed by atoms with van der Waals surface area (Å²) in [6.45, 7) is 2.21. The zero-order valence-corrected chi connectivity index (χ0v) is 14.5. The Hall–Kier alpha value is -2.33. The lowest BCUT2D eigenvalue weighted by atomic mass is 9.99. The minimum absolute atomic E-state index is 0.0267. The van der Waals surface area contributed by atoms with E-state index in [1.54, 1.807) is 29.0 Å². The topological polar surface area (TPSA) is 40.6 Å². The third-order valence-corrected chi connectivity index (χ3v) is 4.76. The van der Waals surface area contributed by atoms with Gasteiger partial charge in [0.05, 0.1) is 22.3 Å². The van der Waals surface area contributed by atoms with Crippen molar-refractivity contribution in [1.82, 2.24) is 0 Å². The Morgan fingerprint density at radius 1 is 1.12 bits per heavy atom. The van der Waals surface area contributed by atoms with Crippen LogP contribution < -0.4 is 9.80 Å². The Morgan fingerprint density at radius 3 is 2.54 bits per heavy atom. The average Bonchev–Trinajstić information content (AvgIpc) is 2.73. The minimum Gasteiger partial charge on any atom is -0.313 e. The molecule has 0 bridgehead atoms. The molecule has 0 unspecified atom stereocenters. The maximum atomic E-state index is 13.1. The van der Waals surface area contributed by atoms with E-state index in [-0.39, 0.29) is 24.2 Å². The number of carbonyl (C=O) groups excluding carboxylic acids is 2. The second kappa shape index (κ2) is 6.65. The molecule has 0 aromatic heterocycles. The zero-order valence-electron chi connectivity index (χ0n) is 13.7. The molecule has 1 heterocycles. The molecule has 0 spiro atoms. The zero-order chi connectivity index (χ0) is 17.3. The SMILES string of the molecule is C[C@H](C(=O)N1CCC(=O)N(C)c2cccc(Cl)c21)c1ccccc1. The summed E-state index contributed by atoms with van der Waals surface area (Å²) in [4.78, 5) is 28.6. The molecule has 2 aromatic carbocycles. The predicted molar refractivity (Wildman–Crippen MR) is 96.7 cm³/mol. The van der Waals surface area contributed by atoms with Gasteiger partial charge in [0.15, 0.2) is 0 Å². The first-order chi connectivity index (χ1) is 11.5. The van der Waals surface area contributed by atoms with E-state index in [0.717, 1.165) is 5.56 Å². The molecule has 1 atom stereocenters. The molecule has 0 saturated heterocycles. The second-order valence-electron chi connectivity index (χ2n) is 5.93. The number of halogens is 1. The van der Waals surface area contributed by atoms with Crippen LogP contribution in [0.1, 0.15) is 24.8 Å². The van der Waals surface area contributed by atoms with E-state index in [1.165, 1.54) is 0 Å². The lowest BCUT2D eigenvalue weighted by Crippen LogP contribution is -2.35. The van der Waals surface area contributed by atoms with Crippen LogP contribution in [0.2, 0.25) is 5.02 Å². The van der Waals surface area contributed by atoms with Gasteiger partial charge in [-0.1, -0.05) is 48.0 Å². The van der Waals surface area contributed by atoms with Crippen LogP contribution in [-0.4, -0.2) is 25.4 Å². The van der Waals surface area contributed by atoms with Gasteiger partial charge in [-0.15, -0.1) is 0 Å². The smallest absolute Gasteiger partial charge is 0.234 e. The van der Waals surface area contributed by atoms with Crippen molar-refractivity contribution in [2.45, 2.75) is 19.3 Å². The van der Waals surface area contributed by atoms with Crippen molar-refractivity contribution in [1.29, 1.82) is 0 Å². The van der Waals surface area contributed by atoms with Gasteiger partial charge in [0.2, 0.25) is 11.8 Å². The fraction of sp³-hybridized carbons (Fsp3) is 0.263. The van der Waals surface area contributed by atoms with Gasteiger partial charge in [-0.3, -0.25) is 9.59 Å². The van der Waals surface area contributed by atoms with E-state index < -0.39 is 0 Å². The second-order valence-corrected chi connectivity index (χ2v) is 6.34. The Balaban J connectivity index is 2.03. The van der Waals surface area contributed by atoms with E-state index >= 15 is 0 Å². The number of para-hydroxylation sites is 1. The van der Waals surface area contributed by atoms with Crippen molar-refractivity contribution >= 4 is 34.8 Å². The average molecular weight is 343 g/mol. The van der Waals surface area contributed by atoms with Crippen molar-refractivity contribution in [3.8, 4) is 0 Å². The third-order valence-electron chi connectivity index (χ3n) is 4.46. The predicted octanol–water partition coefficient (Wildman–Crippen LogP) is 3.84. The standard InChI is InChI=1S/C19H19ClN2O2/c1-13(14-7-4-3-5-8-14)19(24)22-12-11-17(23)21(2)16-10-6-9-15(20)18(16)22/h3-10,13H,11-12H2,1-2H3/t13-/m0/s1. The summed E-state index contributed by atoms with van der Waals surface area (Å²) in [5.74, 6) is -0.395. The number of anilines is 2. The van der Waals surface area contributed by atoms with Crippen LogP contribution in [0.4, 0.5) is 11.4 Å². The number of hydrogen-bond donors (Lipinski definition) is 0. The van der Waals surface area contributed by atoms with E-state index in [9.17, 15) is 9.59 Å². The van der Waals surface area contributed by atoms with Gasteiger partial charge < -0.3 is 9.80 Å². The highest BCUT2D eigenvalue weighted by atomic mass is 35.5. The van der Waals surface area contributed by atoms with Gasteiger partial charge >= 0.3 is 0 Å². The number of carbonyl (C=O) groups is 2. The minimum atomic E-state index is -0.311. The molecular weight excluding hydrogens is 324 g/mol. The molecule has 4 nitrogen and oxygen atoms in total. The first-order valence-electron chi connectivity index (χ1n) is 7.92. The number of benzene rings is 2. The lowest BCUT2D eigenvalue weighted by Gasteiger charge is -2.27. The monoisotopic (exact) mass is 342 g/mol. The van der Waals surface area contributed by atoms with Crippen molar-refractivity contribution in [2.75, 3.05) is 23.4 Å². The van der Waals surface area contributed by atoms with Gasteiger partial charge in [-0.2, -0.15) is 0 Å². The van der Waals surface area contributed by atoms with Gasteiger partial charge in [-0.05, 0) is 24.6 Å². The summed E-state index contributed by atoms with van der Waals surface area (Å²) in [7, 11) is 1.71. The van der Waals surface area contributed by atoms with Gasteiger partial charge in [0.25, 0.3) is 0 Å². The van der Waals surface area contributed by atoms with Crippen LogP contribution in [0, 0.1) is 0 Å². The van der Waals surface area contributed by atoms with Crippen LogP contribution in [-0.2, 0) is 9.59 Å². The summed E-state index contributed by atoms with van der Waals surface area (Å²) in [5.41, 5.74) is 2.22. The molecular formula is C19H19ClN2O2. The van der Waals surface area contributed by atoms with E-state index in [0.29, 0.717) is 22.9 Å². The van der Waals surface area contributed by atoms with Gasteiger partial charge in [0, 0.05) is 20.0 Å². The number of fused-ring (bicyclic) bond motifs is 1. The molecule has 3 rings (SSSR count). The molecule has 24 heavy (non-hydrogen) atoms. The van der Waals surface area contributed by atoms with Crippen molar-refractivity contribution < 1.29 is 9.59 Å². The molecule has 0 aliphatic carbocycles. The van der Waals surface area contributed by atoms with Gasteiger partial charge in [0.1, 0.15) is 0 Å². The summed E-state index contributed by atoms with van der Waals surface area (Å²) < 4.78 is 0. The van der Waals surface area contributed by atoms with Crippen LogP contribution in [0.3, 0.4) is 0 Å². The van der Waals surface area contributed by atoms with E-state index in [1.807, 2.05) is 43.3 Å². The maximum absolute atomic E-state index is 13.1. The highest BCUT2D eigenvalue weighted by Crippen LogP contribution is 2.39. The Kier molecular flexibility index (Phi) is 4.58. The molecule has 2 aromatic rings. The molecule has 1 aliphatic rings. The number of amides is 2.